The number of nitrogens with one attached hydrogen (secondary N) is 2. The normalized spacial score (nSPS) is 11.4. The molecule has 1 aromatic heterocycles. The second-order valence-electron chi connectivity index (χ2n) is 7.34. The van der Waals surface area contributed by atoms with Gasteiger partial charge in [-0.15, -0.1) is 0 Å². The third-order valence-electron chi connectivity index (χ3n) is 5.00. The highest BCUT2D eigenvalue weighted by molar-refractivity contribution is 5.97. The lowest BCUT2D eigenvalue weighted by Gasteiger charge is -2.19. The SMILES string of the molecule is CCCCC[C@H](CN(O)C=O)C(=O)NCNC(=O)c1ccc(-c2ccccc2C(=O)OC)o1. The Balaban J connectivity index is 1.96. The predicted octanol–water partition coefficient (Wildman–Crippen LogP) is 2.58. The van der Waals surface area contributed by atoms with Crippen LogP contribution in [0.15, 0.2) is 40.8 Å². The number of hydrogen-bond acceptors (Lipinski definition) is 7. The number of furan rings is 1. The zero-order valence-electron chi connectivity index (χ0n) is 18.7. The van der Waals surface area contributed by atoms with Gasteiger partial charge in [0.2, 0.25) is 12.3 Å². The molecule has 3 N–H and O–H groups in total. The van der Waals surface area contributed by atoms with Crippen LogP contribution in [0.25, 0.3) is 11.3 Å². The van der Waals surface area contributed by atoms with Gasteiger partial charge in [-0.3, -0.25) is 19.6 Å². The number of hydroxylamine groups is 2. The van der Waals surface area contributed by atoms with E-state index < -0.39 is 17.8 Å². The number of methoxy groups -OCH3 is 1. The molecule has 33 heavy (non-hydrogen) atoms. The highest BCUT2D eigenvalue weighted by atomic mass is 16.5. The smallest absolute Gasteiger partial charge is 0.338 e. The quantitative estimate of drug-likeness (QED) is 0.104. The molecule has 0 bridgehead atoms. The lowest BCUT2D eigenvalue weighted by atomic mass is 10.0. The van der Waals surface area contributed by atoms with E-state index in [1.54, 1.807) is 30.3 Å². The van der Waals surface area contributed by atoms with Gasteiger partial charge < -0.3 is 19.8 Å². The summed E-state index contributed by atoms with van der Waals surface area (Å²) >= 11 is 0. The molecule has 0 fully saturated rings. The summed E-state index contributed by atoms with van der Waals surface area (Å²) in [5.41, 5.74) is 0.784. The van der Waals surface area contributed by atoms with Crippen molar-refractivity contribution in [1.82, 2.24) is 15.7 Å². The lowest BCUT2D eigenvalue weighted by Crippen LogP contribution is -2.42. The minimum absolute atomic E-state index is 0.000835. The van der Waals surface area contributed by atoms with E-state index in [2.05, 4.69) is 10.6 Å². The maximum absolute atomic E-state index is 12.4. The zero-order chi connectivity index (χ0) is 24.2. The van der Waals surface area contributed by atoms with Crippen molar-refractivity contribution in [2.45, 2.75) is 32.6 Å². The molecule has 0 radical (unpaired) electrons. The Morgan fingerprint density at radius 1 is 1.15 bits per heavy atom. The fraction of sp³-hybridized carbons (Fsp3) is 0.391. The van der Waals surface area contributed by atoms with Crippen molar-refractivity contribution in [1.29, 1.82) is 0 Å². The lowest BCUT2D eigenvalue weighted by molar-refractivity contribution is -0.154. The number of hydrogen-bond donors (Lipinski definition) is 3. The fourth-order valence-corrected chi connectivity index (χ4v) is 3.25. The molecule has 2 aromatic rings. The number of carbonyl (C=O) groups excluding carboxylic acids is 4. The summed E-state index contributed by atoms with van der Waals surface area (Å²) in [4.78, 5) is 47.5. The second kappa shape index (κ2) is 13.0. The first-order valence-electron chi connectivity index (χ1n) is 10.7. The molecule has 10 nitrogen and oxygen atoms in total. The first-order valence-corrected chi connectivity index (χ1v) is 10.7. The van der Waals surface area contributed by atoms with Gasteiger partial charge in [-0.1, -0.05) is 44.4 Å². The topological polar surface area (TPSA) is 138 Å². The Labute approximate surface area is 191 Å². The van der Waals surface area contributed by atoms with Crippen molar-refractivity contribution in [2.75, 3.05) is 20.3 Å². The highest BCUT2D eigenvalue weighted by Crippen LogP contribution is 2.26. The average molecular weight is 459 g/mol. The van der Waals surface area contributed by atoms with E-state index in [-0.39, 0.29) is 31.3 Å². The number of ether oxygens (including phenoxy) is 1. The predicted molar refractivity (Wildman–Crippen MR) is 118 cm³/mol. The van der Waals surface area contributed by atoms with Crippen LogP contribution in [0.1, 0.15) is 53.5 Å². The molecule has 178 valence electrons. The van der Waals surface area contributed by atoms with Gasteiger partial charge in [-0.2, -0.15) is 0 Å². The van der Waals surface area contributed by atoms with E-state index in [1.807, 2.05) is 6.92 Å². The summed E-state index contributed by atoms with van der Waals surface area (Å²) in [6.45, 7) is 1.74. The van der Waals surface area contributed by atoms with Crippen LogP contribution in [-0.4, -0.2) is 54.8 Å². The van der Waals surface area contributed by atoms with E-state index in [0.29, 0.717) is 28.4 Å². The van der Waals surface area contributed by atoms with Crippen molar-refractivity contribution in [2.24, 2.45) is 5.92 Å². The molecule has 0 aliphatic carbocycles. The molecule has 1 atom stereocenters. The molecule has 0 saturated carbocycles. The molecule has 1 heterocycles. The number of nitrogens with zero attached hydrogens (tertiary/aromatic N) is 1. The zero-order valence-corrected chi connectivity index (χ0v) is 18.7. The second-order valence-corrected chi connectivity index (χ2v) is 7.34. The molecule has 0 aliphatic heterocycles. The summed E-state index contributed by atoms with van der Waals surface area (Å²) in [6, 6.07) is 9.71. The van der Waals surface area contributed by atoms with Crippen molar-refractivity contribution < 1.29 is 33.5 Å². The number of amides is 3. The van der Waals surface area contributed by atoms with Crippen molar-refractivity contribution in [3.8, 4) is 11.3 Å². The maximum Gasteiger partial charge on any atom is 0.338 e. The molecule has 3 amide bonds. The van der Waals surface area contributed by atoms with E-state index >= 15 is 0 Å². The summed E-state index contributed by atoms with van der Waals surface area (Å²) in [5, 5.41) is 15.0. The molecule has 10 heteroatoms. The van der Waals surface area contributed by atoms with Crippen molar-refractivity contribution in [3.63, 3.8) is 0 Å². The Kier molecular flexibility index (Phi) is 10.1. The van der Waals surface area contributed by atoms with E-state index in [9.17, 15) is 24.4 Å². The fourth-order valence-electron chi connectivity index (χ4n) is 3.25. The van der Waals surface area contributed by atoms with Crippen molar-refractivity contribution in [3.05, 3.63) is 47.7 Å². The number of carbonyl (C=O) groups is 4. The Morgan fingerprint density at radius 3 is 2.61 bits per heavy atom. The molecule has 0 unspecified atom stereocenters. The van der Waals surface area contributed by atoms with Crippen LogP contribution in [0.2, 0.25) is 0 Å². The van der Waals surface area contributed by atoms with Gasteiger partial charge in [0.05, 0.1) is 31.8 Å². The van der Waals surface area contributed by atoms with Crippen LogP contribution in [0.4, 0.5) is 0 Å². The maximum atomic E-state index is 12.4. The third-order valence-corrected chi connectivity index (χ3v) is 5.00. The summed E-state index contributed by atoms with van der Waals surface area (Å²) in [7, 11) is 1.28. The number of benzene rings is 1. The van der Waals surface area contributed by atoms with Gasteiger partial charge in [-0.05, 0) is 24.6 Å². The standard InChI is InChI=1S/C23H29N3O7/c1-3-4-5-8-16(13-26(31)15-27)21(28)24-14-25-22(29)20-12-11-19(33-20)17-9-6-7-10-18(17)23(30)32-2/h6-7,9-12,15-16,31H,3-5,8,13-14H2,1-2H3,(H,24,28)(H,25,29)/t16-/m1/s1. The number of unbranched alkanes of at least 4 members (excludes halogenated alkanes) is 2. The van der Waals surface area contributed by atoms with E-state index in [4.69, 9.17) is 9.15 Å². The minimum atomic E-state index is -0.603. The largest absolute Gasteiger partial charge is 0.465 e. The van der Waals surface area contributed by atoms with Gasteiger partial charge >= 0.3 is 5.97 Å². The summed E-state index contributed by atoms with van der Waals surface area (Å²) < 4.78 is 10.4. The van der Waals surface area contributed by atoms with Crippen LogP contribution < -0.4 is 10.6 Å². The molecule has 1 aromatic carbocycles. The molecular weight excluding hydrogens is 430 g/mol. The molecule has 0 aliphatic rings. The average Bonchev–Trinajstić information content (AvgIpc) is 3.33. The molecular formula is C23H29N3O7. The summed E-state index contributed by atoms with van der Waals surface area (Å²) in [6.07, 6.45) is 3.41. The van der Waals surface area contributed by atoms with Gasteiger partial charge in [-0.25, -0.2) is 9.86 Å². The Morgan fingerprint density at radius 2 is 1.91 bits per heavy atom. The van der Waals surface area contributed by atoms with Gasteiger partial charge in [0.25, 0.3) is 5.91 Å². The van der Waals surface area contributed by atoms with E-state index in [0.717, 1.165) is 19.3 Å². The van der Waals surface area contributed by atoms with Crippen LogP contribution in [0.5, 0.6) is 0 Å². The highest BCUT2D eigenvalue weighted by Gasteiger charge is 2.21. The van der Waals surface area contributed by atoms with Crippen LogP contribution in [0.3, 0.4) is 0 Å². The Bertz CT molecular complexity index is 957. The van der Waals surface area contributed by atoms with Crippen LogP contribution in [-0.2, 0) is 14.3 Å². The number of rotatable bonds is 13. The third kappa shape index (κ3) is 7.46. The molecule has 0 spiro atoms. The first kappa shape index (κ1) is 25.6. The van der Waals surface area contributed by atoms with Crippen molar-refractivity contribution >= 4 is 24.2 Å². The van der Waals surface area contributed by atoms with Gasteiger partial charge in [0.1, 0.15) is 5.76 Å². The van der Waals surface area contributed by atoms with Gasteiger partial charge in [0, 0.05) is 5.56 Å². The van der Waals surface area contributed by atoms with E-state index in [1.165, 1.54) is 13.2 Å². The number of esters is 1. The molecule has 2 rings (SSSR count). The first-order chi connectivity index (χ1) is 15.9. The molecule has 0 saturated heterocycles. The monoisotopic (exact) mass is 459 g/mol. The minimum Gasteiger partial charge on any atom is -0.465 e. The summed E-state index contributed by atoms with van der Waals surface area (Å²) in [5.74, 6) is -1.76. The van der Waals surface area contributed by atoms with Gasteiger partial charge in [0.15, 0.2) is 5.76 Å². The Hall–Kier alpha value is -3.66. The van der Waals surface area contributed by atoms with Crippen LogP contribution >= 0.6 is 0 Å². The van der Waals surface area contributed by atoms with Crippen LogP contribution in [0, 0.1) is 5.92 Å².